The third kappa shape index (κ3) is 3.43. The van der Waals surface area contributed by atoms with Crippen LogP contribution in [-0.4, -0.2) is 23.5 Å². The standard InChI is InChI=1S/C16H20N4S/c1-11-5-4-6-13(9-11)17-12(2)18-16-19-14-7-8-20(3)10-15(14)21-16/h4-6,9,17H,2,7-8,10H2,1,3H3,(H,18,19). The van der Waals surface area contributed by atoms with Gasteiger partial charge >= 0.3 is 0 Å². The van der Waals surface area contributed by atoms with E-state index in [1.165, 1.54) is 16.1 Å². The van der Waals surface area contributed by atoms with E-state index in [1.54, 1.807) is 11.3 Å². The van der Waals surface area contributed by atoms with E-state index < -0.39 is 0 Å². The van der Waals surface area contributed by atoms with Gasteiger partial charge in [0.1, 0.15) is 5.82 Å². The summed E-state index contributed by atoms with van der Waals surface area (Å²) in [4.78, 5) is 8.34. The minimum Gasteiger partial charge on any atom is -0.342 e. The van der Waals surface area contributed by atoms with Gasteiger partial charge in [0.2, 0.25) is 0 Å². The highest BCUT2D eigenvalue weighted by molar-refractivity contribution is 7.15. The van der Waals surface area contributed by atoms with Crippen LogP contribution in [0.5, 0.6) is 0 Å². The monoisotopic (exact) mass is 300 g/mol. The molecule has 110 valence electrons. The van der Waals surface area contributed by atoms with Gasteiger partial charge < -0.3 is 15.5 Å². The van der Waals surface area contributed by atoms with Gasteiger partial charge in [0, 0.05) is 30.1 Å². The molecule has 3 rings (SSSR count). The highest BCUT2D eigenvalue weighted by Gasteiger charge is 2.18. The van der Waals surface area contributed by atoms with Gasteiger partial charge in [-0.3, -0.25) is 0 Å². The summed E-state index contributed by atoms with van der Waals surface area (Å²) in [5.74, 6) is 0.750. The molecule has 2 heterocycles. The van der Waals surface area contributed by atoms with Crippen LogP contribution in [0.4, 0.5) is 10.8 Å². The lowest BCUT2D eigenvalue weighted by Crippen LogP contribution is -2.25. The van der Waals surface area contributed by atoms with E-state index in [4.69, 9.17) is 0 Å². The molecule has 5 heteroatoms. The molecule has 0 radical (unpaired) electrons. The lowest BCUT2D eigenvalue weighted by atomic mass is 10.2. The smallest absolute Gasteiger partial charge is 0.188 e. The Morgan fingerprint density at radius 2 is 2.24 bits per heavy atom. The Balaban J connectivity index is 1.65. The molecule has 21 heavy (non-hydrogen) atoms. The summed E-state index contributed by atoms with van der Waals surface area (Å²) in [6.45, 7) is 8.18. The summed E-state index contributed by atoms with van der Waals surface area (Å²) < 4.78 is 0. The molecule has 0 saturated heterocycles. The first-order valence-electron chi connectivity index (χ1n) is 7.07. The molecular weight excluding hydrogens is 280 g/mol. The van der Waals surface area contributed by atoms with E-state index in [2.05, 4.69) is 53.2 Å². The Labute approximate surface area is 129 Å². The summed E-state index contributed by atoms with van der Waals surface area (Å²) in [5.41, 5.74) is 3.48. The maximum Gasteiger partial charge on any atom is 0.188 e. The molecule has 2 aromatic rings. The lowest BCUT2D eigenvalue weighted by molar-refractivity contribution is 0.314. The number of aromatic nitrogens is 1. The number of nitrogens with zero attached hydrogens (tertiary/aromatic N) is 2. The van der Waals surface area contributed by atoms with Crippen molar-refractivity contribution in [3.63, 3.8) is 0 Å². The average Bonchev–Trinajstić information content (AvgIpc) is 2.79. The molecule has 0 spiro atoms. The average molecular weight is 300 g/mol. The van der Waals surface area contributed by atoms with Crippen LogP contribution in [0, 0.1) is 6.92 Å². The number of hydrogen-bond donors (Lipinski definition) is 2. The quantitative estimate of drug-likeness (QED) is 0.907. The molecule has 1 aromatic carbocycles. The molecule has 0 fully saturated rings. The second-order valence-electron chi connectivity index (χ2n) is 5.47. The zero-order valence-corrected chi connectivity index (χ0v) is 13.3. The van der Waals surface area contributed by atoms with Gasteiger partial charge in [0.25, 0.3) is 0 Å². The van der Waals surface area contributed by atoms with Gasteiger partial charge in [-0.05, 0) is 31.7 Å². The van der Waals surface area contributed by atoms with Crippen molar-refractivity contribution in [1.82, 2.24) is 9.88 Å². The van der Waals surface area contributed by atoms with Crippen molar-refractivity contribution in [1.29, 1.82) is 0 Å². The molecular formula is C16H20N4S. The van der Waals surface area contributed by atoms with Crippen LogP contribution in [0.25, 0.3) is 0 Å². The Hall–Kier alpha value is -1.85. The van der Waals surface area contributed by atoms with E-state index in [0.29, 0.717) is 0 Å². The second kappa shape index (κ2) is 5.87. The highest BCUT2D eigenvalue weighted by Crippen LogP contribution is 2.28. The number of anilines is 2. The van der Waals surface area contributed by atoms with Crippen molar-refractivity contribution in [3.8, 4) is 0 Å². The van der Waals surface area contributed by atoms with Crippen LogP contribution in [0.1, 0.15) is 16.1 Å². The van der Waals surface area contributed by atoms with Crippen molar-refractivity contribution in [3.05, 3.63) is 52.8 Å². The number of fused-ring (bicyclic) bond motifs is 1. The molecule has 0 bridgehead atoms. The molecule has 1 aliphatic rings. The number of thiazole rings is 1. The van der Waals surface area contributed by atoms with Crippen molar-refractivity contribution in [2.45, 2.75) is 19.9 Å². The zero-order chi connectivity index (χ0) is 14.8. The molecule has 0 aliphatic carbocycles. The van der Waals surface area contributed by atoms with E-state index in [0.717, 1.165) is 36.2 Å². The fourth-order valence-electron chi connectivity index (χ4n) is 2.43. The molecule has 1 aliphatic heterocycles. The van der Waals surface area contributed by atoms with Gasteiger partial charge in [-0.25, -0.2) is 4.98 Å². The van der Waals surface area contributed by atoms with E-state index in [-0.39, 0.29) is 0 Å². The number of hydrogen-bond acceptors (Lipinski definition) is 5. The zero-order valence-electron chi connectivity index (χ0n) is 12.4. The number of benzene rings is 1. The Kier molecular flexibility index (Phi) is 3.94. The van der Waals surface area contributed by atoms with Crippen LogP contribution < -0.4 is 10.6 Å². The van der Waals surface area contributed by atoms with Crippen molar-refractivity contribution >= 4 is 22.2 Å². The molecule has 0 amide bonds. The molecule has 0 atom stereocenters. The number of likely N-dealkylation sites (N-methyl/N-ethyl adjacent to an activating group) is 1. The van der Waals surface area contributed by atoms with Gasteiger partial charge in [0.15, 0.2) is 5.13 Å². The Morgan fingerprint density at radius 1 is 1.38 bits per heavy atom. The van der Waals surface area contributed by atoms with Crippen LogP contribution >= 0.6 is 11.3 Å². The Morgan fingerprint density at radius 3 is 3.05 bits per heavy atom. The second-order valence-corrected chi connectivity index (χ2v) is 6.56. The largest absolute Gasteiger partial charge is 0.342 e. The van der Waals surface area contributed by atoms with E-state index in [9.17, 15) is 0 Å². The maximum absolute atomic E-state index is 4.66. The first-order chi connectivity index (χ1) is 10.1. The number of nitrogens with one attached hydrogen (secondary N) is 2. The lowest BCUT2D eigenvalue weighted by Gasteiger charge is -2.20. The van der Waals surface area contributed by atoms with Gasteiger partial charge in [-0.1, -0.05) is 18.7 Å². The summed E-state index contributed by atoms with van der Waals surface area (Å²) in [6, 6.07) is 8.23. The minimum absolute atomic E-state index is 0.750. The predicted molar refractivity (Wildman–Crippen MR) is 89.7 cm³/mol. The van der Waals surface area contributed by atoms with Gasteiger partial charge in [-0.2, -0.15) is 0 Å². The molecule has 1 aromatic heterocycles. The summed E-state index contributed by atoms with van der Waals surface area (Å²) >= 11 is 1.72. The maximum atomic E-state index is 4.66. The molecule has 0 saturated carbocycles. The van der Waals surface area contributed by atoms with Crippen molar-refractivity contribution in [2.24, 2.45) is 0 Å². The van der Waals surface area contributed by atoms with Gasteiger partial charge in [-0.15, -0.1) is 11.3 Å². The predicted octanol–water partition coefficient (Wildman–Crippen LogP) is 3.43. The summed E-state index contributed by atoms with van der Waals surface area (Å²) in [7, 11) is 2.15. The van der Waals surface area contributed by atoms with Crippen LogP contribution in [-0.2, 0) is 13.0 Å². The fraction of sp³-hybridized carbons (Fsp3) is 0.312. The first-order valence-corrected chi connectivity index (χ1v) is 7.88. The molecule has 2 N–H and O–H groups in total. The molecule has 0 unspecified atom stereocenters. The highest BCUT2D eigenvalue weighted by atomic mass is 32.1. The first kappa shape index (κ1) is 14.1. The van der Waals surface area contributed by atoms with Gasteiger partial charge in [0.05, 0.1) is 5.69 Å². The number of aryl methyl sites for hydroxylation is 1. The van der Waals surface area contributed by atoms with Crippen molar-refractivity contribution < 1.29 is 0 Å². The topological polar surface area (TPSA) is 40.2 Å². The number of rotatable bonds is 4. The summed E-state index contributed by atoms with van der Waals surface area (Å²) in [5, 5.41) is 7.45. The Bertz CT molecular complexity index is 662. The SMILES string of the molecule is C=C(Nc1cccc(C)c1)Nc1nc2c(s1)CN(C)CC2. The van der Waals surface area contributed by atoms with E-state index >= 15 is 0 Å². The third-order valence-corrected chi connectivity index (χ3v) is 4.49. The molecule has 4 nitrogen and oxygen atoms in total. The van der Waals surface area contributed by atoms with Crippen LogP contribution in [0.2, 0.25) is 0 Å². The third-order valence-electron chi connectivity index (χ3n) is 3.49. The van der Waals surface area contributed by atoms with E-state index in [1.807, 2.05) is 12.1 Å². The van der Waals surface area contributed by atoms with Crippen LogP contribution in [0.3, 0.4) is 0 Å². The summed E-state index contributed by atoms with van der Waals surface area (Å²) in [6.07, 6.45) is 1.03. The van der Waals surface area contributed by atoms with Crippen molar-refractivity contribution in [2.75, 3.05) is 24.2 Å². The normalized spacial score (nSPS) is 14.6. The minimum atomic E-state index is 0.750. The fourth-order valence-corrected chi connectivity index (χ4v) is 3.55. The van der Waals surface area contributed by atoms with Crippen LogP contribution in [0.15, 0.2) is 36.7 Å².